The maximum atomic E-state index is 16.1. The van der Waals surface area contributed by atoms with Gasteiger partial charge in [0.1, 0.15) is 28.8 Å². The molecule has 1 fully saturated rings. The van der Waals surface area contributed by atoms with Crippen LogP contribution in [0, 0.1) is 41.5 Å². The largest absolute Gasteiger partial charge is 0.444 e. The number of nitrogens with one attached hydrogen (secondary N) is 2. The number of hydrogen-bond acceptors (Lipinski definition) is 7. The molecule has 56 heavy (non-hydrogen) atoms. The Morgan fingerprint density at radius 2 is 1.80 bits per heavy atom. The summed E-state index contributed by atoms with van der Waals surface area (Å²) in [5.74, 6) is -4.30. The lowest BCUT2D eigenvalue weighted by atomic mass is 10.00. The minimum absolute atomic E-state index is 0.0498. The van der Waals surface area contributed by atoms with Crippen LogP contribution in [0.4, 0.5) is 23.2 Å². The van der Waals surface area contributed by atoms with Crippen LogP contribution in [0.15, 0.2) is 78.9 Å². The third-order valence-corrected chi connectivity index (χ3v) is 10.3. The number of H-pyrrole nitrogens is 1. The predicted octanol–water partition coefficient (Wildman–Crippen LogP) is 8.59. The average Bonchev–Trinajstić information content (AvgIpc) is 3.82. The fourth-order valence-corrected chi connectivity index (χ4v) is 7.26. The maximum Gasteiger partial charge on any atom is 0.278 e. The van der Waals surface area contributed by atoms with Gasteiger partial charge in [0.15, 0.2) is 17.3 Å². The summed E-state index contributed by atoms with van der Waals surface area (Å²) in [6.07, 6.45) is 0.503. The molecule has 10 nitrogen and oxygen atoms in total. The molecule has 4 heterocycles. The van der Waals surface area contributed by atoms with E-state index in [1.807, 2.05) is 10.6 Å². The zero-order chi connectivity index (χ0) is 38.9. The SMILES string of the molecule is Cc1[nH]nc2c(F)cc(C(=O)Nc3ccc4c(c3)nc(Cc3c(F)cc(-c5cccc6c5OC(C)(c5ccc(C#N)cc5F)O6)cc3F)n4C[C@@H]3CCO3)cc12. The van der Waals surface area contributed by atoms with Crippen LogP contribution in [0.5, 0.6) is 11.5 Å². The number of amides is 1. The third kappa shape index (κ3) is 5.97. The van der Waals surface area contributed by atoms with Crippen molar-refractivity contribution in [2.24, 2.45) is 0 Å². The molecule has 0 spiro atoms. The fraction of sp³-hybridized carbons (Fsp3) is 0.190. The molecule has 2 aromatic heterocycles. The van der Waals surface area contributed by atoms with Gasteiger partial charge in [-0.05, 0) is 85.6 Å². The number of aromatic amines is 1. The Labute approximate surface area is 316 Å². The van der Waals surface area contributed by atoms with Crippen molar-refractivity contribution < 1.29 is 36.6 Å². The first-order valence-corrected chi connectivity index (χ1v) is 17.7. The number of anilines is 1. The molecule has 0 aliphatic carbocycles. The zero-order valence-corrected chi connectivity index (χ0v) is 29.8. The number of fused-ring (bicyclic) bond motifs is 3. The van der Waals surface area contributed by atoms with Crippen LogP contribution in [0.25, 0.3) is 33.1 Å². The number of benzene rings is 5. The Morgan fingerprint density at radius 3 is 2.54 bits per heavy atom. The topological polar surface area (TPSA) is 127 Å². The molecule has 5 aromatic carbocycles. The lowest BCUT2D eigenvalue weighted by molar-refractivity contribution is -0.0705. The highest BCUT2D eigenvalue weighted by atomic mass is 19.1. The van der Waals surface area contributed by atoms with E-state index < -0.39 is 35.0 Å². The van der Waals surface area contributed by atoms with Crippen molar-refractivity contribution in [1.82, 2.24) is 19.7 Å². The Balaban J connectivity index is 1.01. The monoisotopic (exact) mass is 758 g/mol. The second-order valence-electron chi connectivity index (χ2n) is 14.0. The molecule has 2 N–H and O–H groups in total. The maximum absolute atomic E-state index is 16.1. The lowest BCUT2D eigenvalue weighted by Gasteiger charge is -2.27. The normalized spacial score (nSPS) is 17.3. The van der Waals surface area contributed by atoms with Crippen LogP contribution < -0.4 is 14.8 Å². The van der Waals surface area contributed by atoms with Gasteiger partial charge in [-0.15, -0.1) is 0 Å². The summed E-state index contributed by atoms with van der Waals surface area (Å²) < 4.78 is 81.6. The number of nitrogens with zero attached hydrogens (tertiary/aromatic N) is 4. The Hall–Kier alpha value is -6.72. The van der Waals surface area contributed by atoms with Gasteiger partial charge in [0.05, 0.1) is 40.9 Å². The number of aryl methyl sites for hydroxylation is 1. The molecule has 2 aliphatic heterocycles. The molecule has 9 rings (SSSR count). The first-order valence-electron chi connectivity index (χ1n) is 17.7. The van der Waals surface area contributed by atoms with Crippen molar-refractivity contribution in [2.75, 3.05) is 11.9 Å². The van der Waals surface area contributed by atoms with Crippen LogP contribution in [0.2, 0.25) is 0 Å². The summed E-state index contributed by atoms with van der Waals surface area (Å²) in [5.41, 5.74) is 2.89. The van der Waals surface area contributed by atoms with Gasteiger partial charge in [-0.25, -0.2) is 22.5 Å². The zero-order valence-electron chi connectivity index (χ0n) is 29.8. The number of halogens is 4. The van der Waals surface area contributed by atoms with Crippen molar-refractivity contribution >= 4 is 33.5 Å². The first-order chi connectivity index (χ1) is 27.0. The van der Waals surface area contributed by atoms with Gasteiger partial charge >= 0.3 is 0 Å². The molecule has 2 aliphatic rings. The number of carbonyl (C=O) groups is 1. The van der Waals surface area contributed by atoms with Gasteiger partial charge in [-0.3, -0.25) is 9.89 Å². The molecule has 0 bridgehead atoms. The molecule has 7 aromatic rings. The minimum Gasteiger partial charge on any atom is -0.444 e. The van der Waals surface area contributed by atoms with Crippen molar-refractivity contribution in [3.63, 3.8) is 0 Å². The van der Waals surface area contributed by atoms with E-state index >= 15 is 13.2 Å². The molecular formula is C42H30F4N6O4. The summed E-state index contributed by atoms with van der Waals surface area (Å²) in [6, 6.07) is 20.9. The fourth-order valence-electron chi connectivity index (χ4n) is 7.26. The molecule has 14 heteroatoms. The van der Waals surface area contributed by atoms with E-state index in [2.05, 4.69) is 15.5 Å². The number of para-hydroxylation sites is 1. The number of ether oxygens (including phenoxy) is 3. The smallest absolute Gasteiger partial charge is 0.278 e. The van der Waals surface area contributed by atoms with Crippen LogP contribution in [0.1, 0.15) is 51.9 Å². The highest BCUT2D eigenvalue weighted by molar-refractivity contribution is 6.07. The number of aromatic nitrogens is 4. The molecule has 1 amide bonds. The molecule has 0 saturated carbocycles. The number of rotatable bonds is 8. The van der Waals surface area contributed by atoms with E-state index in [0.717, 1.165) is 18.6 Å². The van der Waals surface area contributed by atoms with Gasteiger partial charge in [0.25, 0.3) is 11.7 Å². The molecule has 1 unspecified atom stereocenters. The summed E-state index contributed by atoms with van der Waals surface area (Å²) in [5, 5.41) is 19.1. The Morgan fingerprint density at radius 1 is 1.00 bits per heavy atom. The molecule has 280 valence electrons. The summed E-state index contributed by atoms with van der Waals surface area (Å²) >= 11 is 0. The standard InChI is InChI=1S/C42H30F4N6O4/c1-21-28-13-24(16-34(46)39(28)51-50-21)41(53)48-25-7-9-36-35(17-25)49-38(52(36)20-26-10-11-54-26)18-29-31(43)14-23(15-32(29)44)27-4-3-5-37-40(27)56-42(2,55-37)30-8-6-22(19-47)12-33(30)45/h3-9,12-17,26H,10-11,18,20H2,1-2H3,(H,48,53)(H,50,51)/t26-,42?/m0/s1. The Bertz CT molecular complexity index is 2780. The van der Waals surface area contributed by atoms with Crippen LogP contribution in [0.3, 0.4) is 0 Å². The van der Waals surface area contributed by atoms with Gasteiger partial charge < -0.3 is 24.1 Å². The van der Waals surface area contributed by atoms with Crippen molar-refractivity contribution in [2.45, 2.75) is 45.1 Å². The number of imidazole rings is 1. The van der Waals surface area contributed by atoms with E-state index in [0.29, 0.717) is 52.3 Å². The van der Waals surface area contributed by atoms with Gasteiger partial charge in [0, 0.05) is 53.4 Å². The number of nitriles is 1. The molecular weight excluding hydrogens is 728 g/mol. The predicted molar refractivity (Wildman–Crippen MR) is 197 cm³/mol. The Kier molecular flexibility index (Phi) is 8.28. The van der Waals surface area contributed by atoms with Crippen LogP contribution >= 0.6 is 0 Å². The highest BCUT2D eigenvalue weighted by Gasteiger charge is 2.42. The van der Waals surface area contributed by atoms with Crippen molar-refractivity contribution in [1.29, 1.82) is 5.26 Å². The van der Waals surface area contributed by atoms with E-state index in [1.165, 1.54) is 31.2 Å². The summed E-state index contributed by atoms with van der Waals surface area (Å²) in [7, 11) is 0. The van der Waals surface area contributed by atoms with Crippen LogP contribution in [-0.2, 0) is 23.5 Å². The van der Waals surface area contributed by atoms with E-state index in [1.54, 1.807) is 49.4 Å². The van der Waals surface area contributed by atoms with Crippen molar-refractivity contribution in [3.05, 3.63) is 136 Å². The first kappa shape index (κ1) is 35.0. The van der Waals surface area contributed by atoms with Crippen LogP contribution in [-0.4, -0.2) is 38.4 Å². The lowest BCUT2D eigenvalue weighted by Crippen LogP contribution is -2.32. The number of carbonyl (C=O) groups excluding carboxylic acids is 1. The molecule has 0 radical (unpaired) electrons. The minimum atomic E-state index is -1.61. The summed E-state index contributed by atoms with van der Waals surface area (Å²) in [6.45, 7) is 4.26. The quantitative estimate of drug-likeness (QED) is 0.149. The average molecular weight is 759 g/mol. The van der Waals surface area contributed by atoms with Gasteiger partial charge in [-0.1, -0.05) is 12.1 Å². The molecule has 2 atom stereocenters. The number of hydrogen-bond donors (Lipinski definition) is 2. The molecule has 1 saturated heterocycles. The second-order valence-corrected chi connectivity index (χ2v) is 14.0. The van der Waals surface area contributed by atoms with Gasteiger partial charge in [-0.2, -0.15) is 10.4 Å². The van der Waals surface area contributed by atoms with E-state index in [9.17, 15) is 9.18 Å². The van der Waals surface area contributed by atoms with Gasteiger partial charge in [0.2, 0.25) is 0 Å². The van der Waals surface area contributed by atoms with E-state index in [-0.39, 0.29) is 57.4 Å². The summed E-state index contributed by atoms with van der Waals surface area (Å²) in [4.78, 5) is 18.0. The van der Waals surface area contributed by atoms with Crippen molar-refractivity contribution in [3.8, 4) is 28.7 Å². The second kappa shape index (κ2) is 13.2. The third-order valence-electron chi connectivity index (χ3n) is 10.3. The van der Waals surface area contributed by atoms with E-state index in [4.69, 9.17) is 24.5 Å². The highest BCUT2D eigenvalue weighted by Crippen LogP contribution is 2.50.